The zero-order valence-corrected chi connectivity index (χ0v) is 8.18. The highest BCUT2D eigenvalue weighted by Gasteiger charge is 2.21. The highest BCUT2D eigenvalue weighted by atomic mass is 14.7. The minimum Gasteiger partial charge on any atom is -0.322 e. The van der Waals surface area contributed by atoms with Gasteiger partial charge in [-0.05, 0) is 25.7 Å². The van der Waals surface area contributed by atoms with Gasteiger partial charge in [0.2, 0.25) is 0 Å². The molecule has 70 valence electrons. The van der Waals surface area contributed by atoms with Crippen LogP contribution < -0.4 is 5.73 Å². The molecule has 0 aliphatic heterocycles. The third-order valence-corrected chi connectivity index (χ3v) is 2.71. The predicted octanol–water partition coefficient (Wildman–Crippen LogP) is 3.00. The molecule has 0 bridgehead atoms. The van der Waals surface area contributed by atoms with Crippen molar-refractivity contribution in [3.8, 4) is 0 Å². The maximum Gasteiger partial charge on any atom is 0.0339 e. The van der Waals surface area contributed by atoms with Crippen LogP contribution in [0.1, 0.15) is 51.9 Å². The van der Waals surface area contributed by atoms with Crippen LogP contribution in [0.15, 0.2) is 12.2 Å². The Hall–Kier alpha value is -0.300. The van der Waals surface area contributed by atoms with E-state index < -0.39 is 0 Å². The normalized spacial score (nSPS) is 29.2. The molecule has 0 saturated carbocycles. The van der Waals surface area contributed by atoms with Crippen LogP contribution in [0.25, 0.3) is 0 Å². The van der Waals surface area contributed by atoms with E-state index in [0.717, 1.165) is 0 Å². The summed E-state index contributed by atoms with van der Waals surface area (Å²) in [5.74, 6) is 0. The van der Waals surface area contributed by atoms with E-state index in [1.54, 1.807) is 0 Å². The Balaban J connectivity index is 2.27. The third kappa shape index (κ3) is 2.98. The highest BCUT2D eigenvalue weighted by Crippen LogP contribution is 2.24. The van der Waals surface area contributed by atoms with Gasteiger partial charge in [0, 0.05) is 5.54 Å². The number of allylic oxidation sites excluding steroid dienone is 1. The van der Waals surface area contributed by atoms with E-state index >= 15 is 0 Å². The van der Waals surface area contributed by atoms with Crippen LogP contribution >= 0.6 is 0 Å². The fourth-order valence-corrected chi connectivity index (χ4v) is 1.86. The van der Waals surface area contributed by atoms with Crippen LogP contribution in [0.3, 0.4) is 0 Å². The Kier molecular flexibility index (Phi) is 3.80. The molecule has 0 aromatic rings. The maximum atomic E-state index is 6.21. The first-order valence-corrected chi connectivity index (χ1v) is 5.23. The molecule has 1 aliphatic carbocycles. The molecule has 0 aromatic carbocycles. The lowest BCUT2D eigenvalue weighted by molar-refractivity contribution is 0.405. The Morgan fingerprint density at radius 1 is 1.42 bits per heavy atom. The molecule has 1 aliphatic rings. The monoisotopic (exact) mass is 167 g/mol. The fraction of sp³-hybridized carbons (Fsp3) is 0.818. The second kappa shape index (κ2) is 4.66. The number of hydrogen-bond donors (Lipinski definition) is 1. The summed E-state index contributed by atoms with van der Waals surface area (Å²) in [5.41, 5.74) is 6.26. The summed E-state index contributed by atoms with van der Waals surface area (Å²) < 4.78 is 0. The van der Waals surface area contributed by atoms with Crippen molar-refractivity contribution in [2.75, 3.05) is 0 Å². The average Bonchev–Trinajstić information content (AvgIpc) is 2.06. The molecule has 12 heavy (non-hydrogen) atoms. The van der Waals surface area contributed by atoms with Crippen LogP contribution in [0.4, 0.5) is 0 Å². The lowest BCUT2D eigenvalue weighted by atomic mass is 9.84. The number of rotatable bonds is 4. The Morgan fingerprint density at radius 3 is 2.83 bits per heavy atom. The Labute approximate surface area is 76.0 Å². The highest BCUT2D eigenvalue weighted by molar-refractivity contribution is 5.07. The van der Waals surface area contributed by atoms with E-state index in [2.05, 4.69) is 19.1 Å². The molecule has 1 unspecified atom stereocenters. The molecule has 1 atom stereocenters. The number of unbranched alkanes of at least 4 members (excludes halogenated alkanes) is 2. The van der Waals surface area contributed by atoms with Gasteiger partial charge in [0.25, 0.3) is 0 Å². The first kappa shape index (κ1) is 9.79. The van der Waals surface area contributed by atoms with E-state index in [-0.39, 0.29) is 5.54 Å². The largest absolute Gasteiger partial charge is 0.322 e. The van der Waals surface area contributed by atoms with Gasteiger partial charge in [-0.2, -0.15) is 0 Å². The maximum absolute atomic E-state index is 6.21. The van der Waals surface area contributed by atoms with Crippen molar-refractivity contribution in [3.63, 3.8) is 0 Å². The zero-order valence-electron chi connectivity index (χ0n) is 8.18. The van der Waals surface area contributed by atoms with Crippen LogP contribution in [-0.2, 0) is 0 Å². The quantitative estimate of drug-likeness (QED) is 0.505. The topological polar surface area (TPSA) is 26.0 Å². The Bertz CT molecular complexity index is 151. The molecule has 0 saturated heterocycles. The van der Waals surface area contributed by atoms with Crippen molar-refractivity contribution < 1.29 is 0 Å². The van der Waals surface area contributed by atoms with E-state index in [1.807, 2.05) is 0 Å². The van der Waals surface area contributed by atoms with Gasteiger partial charge in [-0.25, -0.2) is 0 Å². The van der Waals surface area contributed by atoms with E-state index in [1.165, 1.54) is 44.9 Å². The van der Waals surface area contributed by atoms with Crippen molar-refractivity contribution in [2.24, 2.45) is 5.73 Å². The lowest BCUT2D eigenvalue weighted by Crippen LogP contribution is -2.38. The van der Waals surface area contributed by atoms with Gasteiger partial charge in [-0.15, -0.1) is 0 Å². The van der Waals surface area contributed by atoms with Gasteiger partial charge < -0.3 is 5.73 Å². The van der Waals surface area contributed by atoms with Gasteiger partial charge in [-0.3, -0.25) is 0 Å². The molecule has 0 heterocycles. The van der Waals surface area contributed by atoms with Gasteiger partial charge in [-0.1, -0.05) is 38.3 Å². The van der Waals surface area contributed by atoms with Crippen molar-refractivity contribution >= 4 is 0 Å². The van der Waals surface area contributed by atoms with Crippen molar-refractivity contribution in [2.45, 2.75) is 57.4 Å². The molecule has 2 N–H and O–H groups in total. The molecule has 0 fully saturated rings. The molecule has 1 rings (SSSR count). The van der Waals surface area contributed by atoms with Gasteiger partial charge >= 0.3 is 0 Å². The summed E-state index contributed by atoms with van der Waals surface area (Å²) in [6, 6.07) is 0. The summed E-state index contributed by atoms with van der Waals surface area (Å²) in [5, 5.41) is 0. The number of hydrogen-bond acceptors (Lipinski definition) is 1. The predicted molar refractivity (Wildman–Crippen MR) is 54.1 cm³/mol. The minimum atomic E-state index is 0.0490. The summed E-state index contributed by atoms with van der Waals surface area (Å²) in [7, 11) is 0. The second-order valence-electron chi connectivity index (χ2n) is 3.98. The standard InChI is InChI=1S/C11H21N/c1-2-3-5-8-11(12)9-6-4-7-10-11/h6,9H,2-5,7-8,10,12H2,1H3. The SMILES string of the molecule is CCCCCC1(N)C=CCCC1. The fourth-order valence-electron chi connectivity index (χ4n) is 1.86. The molecule has 0 amide bonds. The lowest BCUT2D eigenvalue weighted by Gasteiger charge is -2.28. The molecule has 0 spiro atoms. The molecular weight excluding hydrogens is 146 g/mol. The smallest absolute Gasteiger partial charge is 0.0339 e. The van der Waals surface area contributed by atoms with Crippen molar-refractivity contribution in [3.05, 3.63) is 12.2 Å². The summed E-state index contributed by atoms with van der Waals surface area (Å²) in [6.07, 6.45) is 13.3. The first-order chi connectivity index (χ1) is 5.77. The van der Waals surface area contributed by atoms with Crippen molar-refractivity contribution in [1.29, 1.82) is 0 Å². The van der Waals surface area contributed by atoms with Gasteiger partial charge in [0.05, 0.1) is 0 Å². The van der Waals surface area contributed by atoms with E-state index in [0.29, 0.717) is 0 Å². The Morgan fingerprint density at radius 2 is 2.25 bits per heavy atom. The second-order valence-corrected chi connectivity index (χ2v) is 3.98. The van der Waals surface area contributed by atoms with Gasteiger partial charge in [0.1, 0.15) is 0 Å². The van der Waals surface area contributed by atoms with Crippen LogP contribution in [-0.4, -0.2) is 5.54 Å². The van der Waals surface area contributed by atoms with Crippen LogP contribution in [0.5, 0.6) is 0 Å². The molecular formula is C11H21N. The zero-order chi connectivity index (χ0) is 8.86. The van der Waals surface area contributed by atoms with Crippen LogP contribution in [0.2, 0.25) is 0 Å². The van der Waals surface area contributed by atoms with Crippen molar-refractivity contribution in [1.82, 2.24) is 0 Å². The molecule has 1 nitrogen and oxygen atoms in total. The average molecular weight is 167 g/mol. The first-order valence-electron chi connectivity index (χ1n) is 5.23. The summed E-state index contributed by atoms with van der Waals surface area (Å²) in [6.45, 7) is 2.24. The minimum absolute atomic E-state index is 0.0490. The van der Waals surface area contributed by atoms with E-state index in [4.69, 9.17) is 5.73 Å². The van der Waals surface area contributed by atoms with Crippen LogP contribution in [0, 0.1) is 0 Å². The number of nitrogens with two attached hydrogens (primary N) is 1. The molecule has 1 heteroatoms. The molecule has 0 aromatic heterocycles. The summed E-state index contributed by atoms with van der Waals surface area (Å²) in [4.78, 5) is 0. The van der Waals surface area contributed by atoms with Gasteiger partial charge in [0.15, 0.2) is 0 Å². The van der Waals surface area contributed by atoms with E-state index in [9.17, 15) is 0 Å². The third-order valence-electron chi connectivity index (χ3n) is 2.71. The molecule has 0 radical (unpaired) electrons. The summed E-state index contributed by atoms with van der Waals surface area (Å²) >= 11 is 0.